The van der Waals surface area contributed by atoms with Crippen LogP contribution in [0.3, 0.4) is 0 Å². The number of nitrogens with one attached hydrogen (secondary N) is 1. The molecule has 6 nitrogen and oxygen atoms in total. The first kappa shape index (κ1) is 17.8. The number of ether oxygens (including phenoxy) is 1. The Hall–Kier alpha value is -2.57. The first-order chi connectivity index (χ1) is 11.1. The van der Waals surface area contributed by atoms with Gasteiger partial charge in [0.2, 0.25) is 6.19 Å². The smallest absolute Gasteiger partial charge is 0.207 e. The van der Waals surface area contributed by atoms with Crippen LogP contribution in [0.5, 0.6) is 5.75 Å². The number of amidine groups is 1. The van der Waals surface area contributed by atoms with E-state index in [9.17, 15) is 5.11 Å². The Morgan fingerprint density at radius 3 is 2.54 bits per heavy atom. The summed E-state index contributed by atoms with van der Waals surface area (Å²) in [5, 5.41) is 32.1. The van der Waals surface area contributed by atoms with E-state index in [1.54, 1.807) is 38.2 Å². The highest BCUT2D eigenvalue weighted by molar-refractivity contribution is 5.88. The number of benzene rings is 1. The third kappa shape index (κ3) is 3.34. The molecule has 0 unspecified atom stereocenters. The summed E-state index contributed by atoms with van der Waals surface area (Å²) in [7, 11) is 0. The van der Waals surface area contributed by atoms with Gasteiger partial charge in [-0.1, -0.05) is 20.8 Å². The second-order valence-corrected chi connectivity index (χ2v) is 7.45. The predicted molar refractivity (Wildman–Crippen MR) is 90.3 cm³/mol. The van der Waals surface area contributed by atoms with Gasteiger partial charge in [0.25, 0.3) is 0 Å². The zero-order valence-electron chi connectivity index (χ0n) is 14.6. The average Bonchev–Trinajstić information content (AvgIpc) is 2.49. The van der Waals surface area contributed by atoms with E-state index in [1.807, 2.05) is 20.8 Å². The van der Waals surface area contributed by atoms with Gasteiger partial charge in [-0.3, -0.25) is 0 Å². The maximum absolute atomic E-state index is 10.8. The van der Waals surface area contributed by atoms with Crippen molar-refractivity contribution in [1.82, 2.24) is 5.32 Å². The summed E-state index contributed by atoms with van der Waals surface area (Å²) in [6, 6.07) is 6.66. The van der Waals surface area contributed by atoms with Gasteiger partial charge in [0, 0.05) is 11.0 Å². The molecule has 1 aliphatic rings. The third-order valence-electron chi connectivity index (χ3n) is 4.04. The molecule has 2 atom stereocenters. The zero-order valence-corrected chi connectivity index (χ0v) is 14.6. The summed E-state index contributed by atoms with van der Waals surface area (Å²) in [6.45, 7) is 9.39. The molecule has 0 fully saturated rings. The normalized spacial score (nSPS) is 22.6. The Labute approximate surface area is 142 Å². The van der Waals surface area contributed by atoms with Crippen molar-refractivity contribution in [3.05, 3.63) is 29.3 Å². The second kappa shape index (κ2) is 6.14. The van der Waals surface area contributed by atoms with E-state index in [4.69, 9.17) is 15.3 Å². The number of rotatable bonds is 1. The van der Waals surface area contributed by atoms with Crippen LogP contribution in [0.4, 0.5) is 0 Å². The molecular formula is C18H22N4O2. The van der Waals surface area contributed by atoms with Gasteiger partial charge in [0.1, 0.15) is 23.3 Å². The Bertz CT molecular complexity index is 748. The van der Waals surface area contributed by atoms with Crippen molar-refractivity contribution < 1.29 is 9.84 Å². The predicted octanol–water partition coefficient (Wildman–Crippen LogP) is 2.65. The van der Waals surface area contributed by atoms with Gasteiger partial charge in [-0.2, -0.15) is 15.5 Å². The fourth-order valence-corrected chi connectivity index (χ4v) is 2.64. The lowest BCUT2D eigenvalue weighted by Crippen LogP contribution is -2.54. The molecule has 0 amide bonds. The summed E-state index contributed by atoms with van der Waals surface area (Å²) in [4.78, 5) is 3.88. The molecule has 1 heterocycles. The van der Waals surface area contributed by atoms with E-state index < -0.39 is 23.2 Å². The SMILES string of the molecule is CC(C)(C)C(=NC#N)N[C@@H]1c2cc(C#N)ccc2OC(C)(C)[C@H]1O. The highest BCUT2D eigenvalue weighted by Crippen LogP contribution is 2.40. The molecule has 0 radical (unpaired) electrons. The van der Waals surface area contributed by atoms with Crippen LogP contribution in [0.1, 0.15) is 51.8 Å². The van der Waals surface area contributed by atoms with Crippen LogP contribution in [0, 0.1) is 28.2 Å². The topological polar surface area (TPSA) is 101 Å². The molecule has 2 N–H and O–H groups in total. The summed E-state index contributed by atoms with van der Waals surface area (Å²) in [5.41, 5.74) is -0.0688. The Morgan fingerprint density at radius 2 is 2.00 bits per heavy atom. The molecular weight excluding hydrogens is 304 g/mol. The molecule has 1 aliphatic heterocycles. The average molecular weight is 326 g/mol. The number of fused-ring (bicyclic) bond motifs is 1. The first-order valence-electron chi connectivity index (χ1n) is 7.75. The van der Waals surface area contributed by atoms with Crippen molar-refractivity contribution in [2.24, 2.45) is 10.4 Å². The van der Waals surface area contributed by atoms with Gasteiger partial charge in [0.15, 0.2) is 0 Å². The number of hydrogen-bond donors (Lipinski definition) is 2. The number of aliphatic imine (C=N–C) groups is 1. The van der Waals surface area contributed by atoms with Gasteiger partial charge in [0.05, 0.1) is 17.7 Å². The fourth-order valence-electron chi connectivity index (χ4n) is 2.64. The molecule has 0 bridgehead atoms. The minimum Gasteiger partial charge on any atom is -0.485 e. The number of hydrogen-bond acceptors (Lipinski definition) is 5. The standard InChI is InChI=1S/C18H22N4O2/c1-17(2,3)16(21-10-20)22-14-12-8-11(9-19)6-7-13(12)24-18(4,5)15(14)23/h6-8,14-15,23H,1-5H3,(H,21,22)/t14-,15+/m1/s1. The molecule has 2 rings (SSSR count). The fraction of sp³-hybridized carbons (Fsp3) is 0.500. The van der Waals surface area contributed by atoms with Crippen LogP contribution >= 0.6 is 0 Å². The summed E-state index contributed by atoms with van der Waals surface area (Å²) in [6.07, 6.45) is 0.922. The molecule has 0 saturated heterocycles. The van der Waals surface area contributed by atoms with Gasteiger partial charge >= 0.3 is 0 Å². The Balaban J connectivity index is 2.54. The lowest BCUT2D eigenvalue weighted by atomic mass is 9.84. The van der Waals surface area contributed by atoms with Crippen LogP contribution < -0.4 is 10.1 Å². The first-order valence-corrected chi connectivity index (χ1v) is 7.75. The van der Waals surface area contributed by atoms with Crippen molar-refractivity contribution in [2.45, 2.75) is 52.4 Å². The van der Waals surface area contributed by atoms with E-state index in [-0.39, 0.29) is 0 Å². The molecule has 126 valence electrons. The van der Waals surface area contributed by atoms with Crippen LogP contribution in [0.2, 0.25) is 0 Å². The monoisotopic (exact) mass is 326 g/mol. The van der Waals surface area contributed by atoms with Crippen molar-refractivity contribution in [1.29, 1.82) is 10.5 Å². The zero-order chi connectivity index (χ0) is 18.1. The lowest BCUT2D eigenvalue weighted by Gasteiger charge is -2.43. The van der Waals surface area contributed by atoms with Gasteiger partial charge < -0.3 is 15.2 Å². The van der Waals surface area contributed by atoms with Crippen LogP contribution in [0.15, 0.2) is 23.2 Å². The second-order valence-electron chi connectivity index (χ2n) is 7.45. The number of aliphatic hydroxyl groups excluding tert-OH is 1. The van der Waals surface area contributed by atoms with Crippen molar-refractivity contribution in [3.63, 3.8) is 0 Å². The quantitative estimate of drug-likeness (QED) is 0.469. The third-order valence-corrected chi connectivity index (χ3v) is 4.04. The van der Waals surface area contributed by atoms with Gasteiger partial charge in [-0.15, -0.1) is 0 Å². The molecule has 0 spiro atoms. The molecule has 6 heteroatoms. The minimum atomic E-state index is -0.884. The van der Waals surface area contributed by atoms with Crippen LogP contribution in [-0.4, -0.2) is 22.6 Å². The molecule has 1 aromatic carbocycles. The summed E-state index contributed by atoms with van der Waals surface area (Å²) in [5.74, 6) is 1.08. The molecule has 0 aliphatic carbocycles. The number of nitrogens with zero attached hydrogens (tertiary/aromatic N) is 3. The largest absolute Gasteiger partial charge is 0.485 e. The van der Waals surface area contributed by atoms with Crippen molar-refractivity contribution >= 4 is 5.84 Å². The van der Waals surface area contributed by atoms with E-state index in [1.165, 1.54) is 0 Å². The molecule has 1 aromatic rings. The minimum absolute atomic E-state index is 0.398. The molecule has 0 aromatic heterocycles. The van der Waals surface area contributed by atoms with Crippen molar-refractivity contribution in [2.75, 3.05) is 0 Å². The molecule has 0 saturated carbocycles. The van der Waals surface area contributed by atoms with Crippen molar-refractivity contribution in [3.8, 4) is 18.0 Å². The Kier molecular flexibility index (Phi) is 4.55. The number of nitriles is 2. The highest BCUT2D eigenvalue weighted by atomic mass is 16.5. The van der Waals surface area contributed by atoms with E-state index in [2.05, 4.69) is 16.4 Å². The van der Waals surface area contributed by atoms with E-state index >= 15 is 0 Å². The Morgan fingerprint density at radius 1 is 1.33 bits per heavy atom. The lowest BCUT2D eigenvalue weighted by molar-refractivity contribution is -0.0613. The maximum Gasteiger partial charge on any atom is 0.207 e. The summed E-state index contributed by atoms with van der Waals surface area (Å²) >= 11 is 0. The van der Waals surface area contributed by atoms with Gasteiger partial charge in [-0.05, 0) is 32.0 Å². The van der Waals surface area contributed by atoms with Gasteiger partial charge in [-0.25, -0.2) is 0 Å². The van der Waals surface area contributed by atoms with E-state index in [0.717, 1.165) is 0 Å². The molecule has 24 heavy (non-hydrogen) atoms. The van der Waals surface area contributed by atoms with Crippen LogP contribution in [-0.2, 0) is 0 Å². The maximum atomic E-state index is 10.8. The summed E-state index contributed by atoms with van der Waals surface area (Å²) < 4.78 is 5.88. The highest BCUT2D eigenvalue weighted by Gasteiger charge is 2.44. The van der Waals surface area contributed by atoms with E-state index in [0.29, 0.717) is 22.7 Å². The van der Waals surface area contributed by atoms with Crippen LogP contribution in [0.25, 0.3) is 0 Å². The number of aliphatic hydroxyl groups is 1.